The maximum atomic E-state index is 11.4. The molecule has 0 saturated carbocycles. The number of carboxylic acid groups (broad SMARTS) is 1. The molecular formula is C15H23NO2. The average molecular weight is 249 g/mol. The van der Waals surface area contributed by atoms with Gasteiger partial charge in [0.2, 0.25) is 0 Å². The van der Waals surface area contributed by atoms with Crippen LogP contribution in [0.2, 0.25) is 0 Å². The third-order valence-electron chi connectivity index (χ3n) is 3.17. The van der Waals surface area contributed by atoms with Crippen LogP contribution in [0.1, 0.15) is 37.8 Å². The van der Waals surface area contributed by atoms with Crippen molar-refractivity contribution >= 4 is 11.7 Å². The first-order valence-corrected chi connectivity index (χ1v) is 6.57. The van der Waals surface area contributed by atoms with Crippen LogP contribution in [0.15, 0.2) is 18.2 Å². The standard InChI is InChI=1S/C15H23NO2/c1-5-9-16(13(6-2)15(17)18)14-8-7-11(3)10-12(14)4/h7-8,10,13H,5-6,9H2,1-4H3,(H,17,18)/t13-/m1/s1. The molecule has 1 aromatic carbocycles. The minimum absolute atomic E-state index is 0.439. The second-order valence-electron chi connectivity index (χ2n) is 4.75. The van der Waals surface area contributed by atoms with Crippen LogP contribution >= 0.6 is 0 Å². The predicted octanol–water partition coefficient (Wildman–Crippen LogP) is 3.38. The summed E-state index contributed by atoms with van der Waals surface area (Å²) in [6, 6.07) is 5.74. The summed E-state index contributed by atoms with van der Waals surface area (Å²) in [5, 5.41) is 9.34. The molecule has 0 spiro atoms. The van der Waals surface area contributed by atoms with Gasteiger partial charge in [-0.25, -0.2) is 4.79 Å². The Morgan fingerprint density at radius 3 is 2.44 bits per heavy atom. The first-order valence-electron chi connectivity index (χ1n) is 6.57. The van der Waals surface area contributed by atoms with Crippen molar-refractivity contribution in [3.8, 4) is 0 Å². The van der Waals surface area contributed by atoms with Gasteiger partial charge in [0.05, 0.1) is 0 Å². The van der Waals surface area contributed by atoms with Crippen molar-refractivity contribution in [3.63, 3.8) is 0 Å². The van der Waals surface area contributed by atoms with Gasteiger partial charge in [-0.1, -0.05) is 31.5 Å². The highest BCUT2D eigenvalue weighted by atomic mass is 16.4. The number of anilines is 1. The highest BCUT2D eigenvalue weighted by molar-refractivity contribution is 5.78. The molecule has 0 radical (unpaired) electrons. The smallest absolute Gasteiger partial charge is 0.326 e. The normalized spacial score (nSPS) is 12.2. The van der Waals surface area contributed by atoms with E-state index in [1.165, 1.54) is 5.56 Å². The molecule has 1 aromatic rings. The number of rotatable bonds is 6. The highest BCUT2D eigenvalue weighted by Crippen LogP contribution is 2.24. The zero-order valence-corrected chi connectivity index (χ0v) is 11.7. The van der Waals surface area contributed by atoms with Crippen molar-refractivity contribution in [2.45, 2.75) is 46.6 Å². The molecule has 3 heteroatoms. The molecule has 0 heterocycles. The molecule has 0 aromatic heterocycles. The van der Waals surface area contributed by atoms with Gasteiger partial charge in [0.15, 0.2) is 0 Å². The third kappa shape index (κ3) is 3.25. The summed E-state index contributed by atoms with van der Waals surface area (Å²) < 4.78 is 0. The minimum atomic E-state index is -0.745. The van der Waals surface area contributed by atoms with Gasteiger partial charge in [-0.3, -0.25) is 0 Å². The molecule has 0 aliphatic carbocycles. The van der Waals surface area contributed by atoms with Crippen molar-refractivity contribution < 1.29 is 9.90 Å². The molecule has 0 saturated heterocycles. The van der Waals surface area contributed by atoms with Crippen molar-refractivity contribution in [1.82, 2.24) is 0 Å². The van der Waals surface area contributed by atoms with E-state index in [2.05, 4.69) is 19.9 Å². The number of hydrogen-bond donors (Lipinski definition) is 1. The lowest BCUT2D eigenvalue weighted by Gasteiger charge is -2.31. The van der Waals surface area contributed by atoms with E-state index in [1.54, 1.807) is 0 Å². The first kappa shape index (κ1) is 14.6. The fourth-order valence-corrected chi connectivity index (χ4v) is 2.34. The van der Waals surface area contributed by atoms with Crippen molar-refractivity contribution in [3.05, 3.63) is 29.3 Å². The monoisotopic (exact) mass is 249 g/mol. The van der Waals surface area contributed by atoms with Crippen LogP contribution in [0.5, 0.6) is 0 Å². The van der Waals surface area contributed by atoms with E-state index in [1.807, 2.05) is 30.9 Å². The molecular weight excluding hydrogens is 226 g/mol. The van der Waals surface area contributed by atoms with Gasteiger partial charge in [-0.2, -0.15) is 0 Å². The maximum Gasteiger partial charge on any atom is 0.326 e. The summed E-state index contributed by atoms with van der Waals surface area (Å²) in [7, 11) is 0. The van der Waals surface area contributed by atoms with Crippen LogP contribution in [-0.2, 0) is 4.79 Å². The molecule has 0 unspecified atom stereocenters. The lowest BCUT2D eigenvalue weighted by Crippen LogP contribution is -2.41. The Balaban J connectivity index is 3.14. The van der Waals surface area contributed by atoms with E-state index in [4.69, 9.17) is 0 Å². The topological polar surface area (TPSA) is 40.5 Å². The Morgan fingerprint density at radius 1 is 1.33 bits per heavy atom. The summed E-state index contributed by atoms with van der Waals surface area (Å²) in [6.07, 6.45) is 1.56. The second-order valence-corrected chi connectivity index (χ2v) is 4.75. The number of carbonyl (C=O) groups is 1. The molecule has 1 N–H and O–H groups in total. The quantitative estimate of drug-likeness (QED) is 0.840. The largest absolute Gasteiger partial charge is 0.480 e. The summed E-state index contributed by atoms with van der Waals surface area (Å²) in [5.74, 6) is -0.745. The van der Waals surface area contributed by atoms with E-state index < -0.39 is 12.0 Å². The Kier molecular flexibility index (Phi) is 5.20. The molecule has 0 amide bonds. The number of hydrogen-bond acceptors (Lipinski definition) is 2. The van der Waals surface area contributed by atoms with Crippen LogP contribution in [0, 0.1) is 13.8 Å². The highest BCUT2D eigenvalue weighted by Gasteiger charge is 2.24. The van der Waals surface area contributed by atoms with Gasteiger partial charge in [0.1, 0.15) is 6.04 Å². The van der Waals surface area contributed by atoms with E-state index in [9.17, 15) is 9.90 Å². The molecule has 100 valence electrons. The number of benzene rings is 1. The SMILES string of the molecule is CCCN(c1ccc(C)cc1C)[C@H](CC)C(=O)O. The van der Waals surface area contributed by atoms with Gasteiger partial charge in [0, 0.05) is 12.2 Å². The lowest BCUT2D eigenvalue weighted by molar-refractivity contribution is -0.138. The van der Waals surface area contributed by atoms with Crippen molar-refractivity contribution in [2.75, 3.05) is 11.4 Å². The summed E-state index contributed by atoms with van der Waals surface area (Å²) in [6.45, 7) is 8.86. The van der Waals surface area contributed by atoms with Gasteiger partial charge < -0.3 is 10.0 Å². The fraction of sp³-hybridized carbons (Fsp3) is 0.533. The lowest BCUT2D eigenvalue weighted by atomic mass is 10.1. The number of nitrogens with zero attached hydrogens (tertiary/aromatic N) is 1. The number of carboxylic acids is 1. The molecule has 0 aliphatic rings. The minimum Gasteiger partial charge on any atom is -0.480 e. The molecule has 18 heavy (non-hydrogen) atoms. The summed E-state index contributed by atoms with van der Waals surface area (Å²) in [5.41, 5.74) is 3.39. The van der Waals surface area contributed by atoms with Crippen LogP contribution in [0.4, 0.5) is 5.69 Å². The Morgan fingerprint density at radius 2 is 2.00 bits per heavy atom. The molecule has 0 fully saturated rings. The molecule has 0 bridgehead atoms. The zero-order chi connectivity index (χ0) is 13.7. The van der Waals surface area contributed by atoms with E-state index >= 15 is 0 Å². The van der Waals surface area contributed by atoms with Gasteiger partial charge in [-0.15, -0.1) is 0 Å². The maximum absolute atomic E-state index is 11.4. The predicted molar refractivity (Wildman–Crippen MR) is 75.3 cm³/mol. The Bertz CT molecular complexity index is 415. The third-order valence-corrected chi connectivity index (χ3v) is 3.17. The molecule has 0 aliphatic heterocycles. The van der Waals surface area contributed by atoms with Gasteiger partial charge >= 0.3 is 5.97 Å². The molecule has 3 nitrogen and oxygen atoms in total. The van der Waals surface area contributed by atoms with Gasteiger partial charge in [0.25, 0.3) is 0 Å². The summed E-state index contributed by atoms with van der Waals surface area (Å²) in [4.78, 5) is 13.4. The summed E-state index contributed by atoms with van der Waals surface area (Å²) >= 11 is 0. The van der Waals surface area contributed by atoms with Crippen LogP contribution in [0.25, 0.3) is 0 Å². The second kappa shape index (κ2) is 6.43. The van der Waals surface area contributed by atoms with Crippen LogP contribution in [-0.4, -0.2) is 23.7 Å². The zero-order valence-electron chi connectivity index (χ0n) is 11.7. The van der Waals surface area contributed by atoms with Crippen molar-refractivity contribution in [2.24, 2.45) is 0 Å². The number of aryl methyl sites for hydroxylation is 2. The van der Waals surface area contributed by atoms with Crippen molar-refractivity contribution in [1.29, 1.82) is 0 Å². The van der Waals surface area contributed by atoms with Crippen LogP contribution in [0.3, 0.4) is 0 Å². The Labute approximate surface area is 109 Å². The van der Waals surface area contributed by atoms with E-state index in [-0.39, 0.29) is 0 Å². The Hall–Kier alpha value is -1.51. The number of aliphatic carboxylic acids is 1. The molecule has 1 atom stereocenters. The average Bonchev–Trinajstić information content (AvgIpc) is 2.28. The molecule has 1 rings (SSSR count). The van der Waals surface area contributed by atoms with Crippen LogP contribution < -0.4 is 4.90 Å². The van der Waals surface area contributed by atoms with Gasteiger partial charge in [-0.05, 0) is 38.3 Å². The van der Waals surface area contributed by atoms with E-state index in [0.717, 1.165) is 24.2 Å². The first-order chi connectivity index (χ1) is 8.51. The fourth-order valence-electron chi connectivity index (χ4n) is 2.34. The van der Waals surface area contributed by atoms with E-state index in [0.29, 0.717) is 6.42 Å².